The Hall–Kier alpha value is -1.14. The summed E-state index contributed by atoms with van der Waals surface area (Å²) in [6.45, 7) is 0. The summed E-state index contributed by atoms with van der Waals surface area (Å²) in [5.41, 5.74) is 0. The lowest BCUT2D eigenvalue weighted by Crippen LogP contribution is -2.33. The molecular formula is C13H15ClN2O3S. The van der Waals surface area contributed by atoms with Gasteiger partial charge in [0.05, 0.1) is 5.02 Å². The summed E-state index contributed by atoms with van der Waals surface area (Å²) in [5.74, 6) is 0.215. The molecule has 7 heteroatoms. The summed E-state index contributed by atoms with van der Waals surface area (Å²) < 4.78 is 26.2. The molecule has 2 fully saturated rings. The van der Waals surface area contributed by atoms with E-state index in [1.165, 1.54) is 18.3 Å². The van der Waals surface area contributed by atoms with E-state index in [-0.39, 0.29) is 10.9 Å². The van der Waals surface area contributed by atoms with Gasteiger partial charge in [0.2, 0.25) is 5.91 Å². The molecule has 20 heavy (non-hydrogen) atoms. The third-order valence-corrected chi connectivity index (χ3v) is 5.66. The second-order valence-corrected chi connectivity index (χ2v) is 7.49. The minimum atomic E-state index is -3.89. The van der Waals surface area contributed by atoms with Gasteiger partial charge in [0.15, 0.2) is 5.03 Å². The molecule has 1 heterocycles. The molecule has 1 aromatic heterocycles. The van der Waals surface area contributed by atoms with E-state index < -0.39 is 15.9 Å². The minimum Gasteiger partial charge on any atom is -0.274 e. The summed E-state index contributed by atoms with van der Waals surface area (Å²) in [4.78, 5) is 15.8. The molecule has 1 N–H and O–H groups in total. The Kier molecular flexibility index (Phi) is 3.46. The van der Waals surface area contributed by atoms with Gasteiger partial charge in [0.25, 0.3) is 10.0 Å². The highest BCUT2D eigenvalue weighted by atomic mass is 35.5. The van der Waals surface area contributed by atoms with Gasteiger partial charge in [0.1, 0.15) is 0 Å². The number of fused-ring (bicyclic) bond motifs is 1. The highest BCUT2D eigenvalue weighted by Crippen LogP contribution is 2.55. The topological polar surface area (TPSA) is 76.1 Å². The number of aromatic nitrogens is 1. The highest BCUT2D eigenvalue weighted by molar-refractivity contribution is 7.90. The monoisotopic (exact) mass is 314 g/mol. The number of sulfonamides is 1. The average Bonchev–Trinajstić information content (AvgIpc) is 3.13. The molecule has 2 aliphatic carbocycles. The lowest BCUT2D eigenvalue weighted by Gasteiger charge is -2.05. The van der Waals surface area contributed by atoms with Crippen LogP contribution in [0.1, 0.15) is 25.7 Å². The van der Waals surface area contributed by atoms with Crippen LogP contribution in [0.4, 0.5) is 0 Å². The maximum atomic E-state index is 12.1. The van der Waals surface area contributed by atoms with Crippen molar-refractivity contribution >= 4 is 27.5 Å². The Morgan fingerprint density at radius 3 is 2.45 bits per heavy atom. The Balaban J connectivity index is 1.70. The van der Waals surface area contributed by atoms with E-state index in [1.54, 1.807) is 0 Å². The van der Waals surface area contributed by atoms with E-state index in [0.717, 1.165) is 25.7 Å². The zero-order valence-electron chi connectivity index (χ0n) is 10.8. The van der Waals surface area contributed by atoms with Crippen molar-refractivity contribution in [1.82, 2.24) is 9.71 Å². The number of hydrogen-bond donors (Lipinski definition) is 1. The van der Waals surface area contributed by atoms with Crippen LogP contribution in [0.2, 0.25) is 5.02 Å². The largest absolute Gasteiger partial charge is 0.281 e. The first kappa shape index (κ1) is 13.8. The predicted molar refractivity (Wildman–Crippen MR) is 73.5 cm³/mol. The van der Waals surface area contributed by atoms with E-state index in [9.17, 15) is 13.2 Å². The molecule has 1 amide bonds. The van der Waals surface area contributed by atoms with Gasteiger partial charge >= 0.3 is 0 Å². The first-order valence-corrected chi connectivity index (χ1v) is 8.53. The number of nitrogens with zero attached hydrogens (tertiary/aromatic N) is 1. The first-order valence-electron chi connectivity index (χ1n) is 6.67. The summed E-state index contributed by atoms with van der Waals surface area (Å²) in [5, 5.41) is 0.169. The highest BCUT2D eigenvalue weighted by Gasteiger charge is 2.55. The maximum Gasteiger partial charge on any atom is 0.281 e. The number of amides is 1. The number of pyridine rings is 1. The summed E-state index contributed by atoms with van der Waals surface area (Å²) in [6, 6.07) is 2.72. The Bertz CT molecular complexity index is 618. The third kappa shape index (κ3) is 2.54. The van der Waals surface area contributed by atoms with Crippen LogP contribution in [-0.2, 0) is 14.8 Å². The molecule has 0 aliphatic heterocycles. The van der Waals surface area contributed by atoms with Crippen LogP contribution in [0.3, 0.4) is 0 Å². The van der Waals surface area contributed by atoms with Crippen LogP contribution in [0.15, 0.2) is 23.4 Å². The molecule has 0 saturated heterocycles. The summed E-state index contributed by atoms with van der Waals surface area (Å²) >= 11 is 5.67. The van der Waals surface area contributed by atoms with Crippen LogP contribution in [0, 0.1) is 17.8 Å². The van der Waals surface area contributed by atoms with Crippen molar-refractivity contribution in [3.63, 3.8) is 0 Å². The zero-order chi connectivity index (χ0) is 14.3. The Morgan fingerprint density at radius 1 is 1.25 bits per heavy atom. The molecule has 5 nitrogen and oxygen atoms in total. The van der Waals surface area contributed by atoms with E-state index in [0.29, 0.717) is 16.9 Å². The molecule has 0 radical (unpaired) electrons. The molecule has 0 bridgehead atoms. The SMILES string of the molecule is O=C(NS(=O)(=O)c1ccc(Cl)cn1)C1[C@H]2CCCC[C@H]12. The van der Waals surface area contributed by atoms with Gasteiger partial charge in [-0.05, 0) is 36.8 Å². The maximum absolute atomic E-state index is 12.1. The predicted octanol–water partition coefficient (Wildman–Crippen LogP) is 1.98. The molecule has 3 rings (SSSR count). The lowest BCUT2D eigenvalue weighted by atomic mass is 10.0. The van der Waals surface area contributed by atoms with Crippen LogP contribution in [-0.4, -0.2) is 19.3 Å². The number of rotatable bonds is 3. The van der Waals surface area contributed by atoms with Crippen LogP contribution in [0.5, 0.6) is 0 Å². The number of hydrogen-bond acceptors (Lipinski definition) is 4. The van der Waals surface area contributed by atoms with Gasteiger partial charge in [-0.25, -0.2) is 9.71 Å². The summed E-state index contributed by atoms with van der Waals surface area (Å²) in [7, 11) is -3.89. The van der Waals surface area contributed by atoms with E-state index >= 15 is 0 Å². The molecule has 2 atom stereocenters. The average molecular weight is 315 g/mol. The molecular weight excluding hydrogens is 300 g/mol. The standard InChI is InChI=1S/C13H15ClN2O3S/c14-8-5-6-11(15-7-8)20(18,19)16-13(17)12-9-3-1-2-4-10(9)12/h5-7,9-10,12H,1-4H2,(H,16,17)/t9-,10-/m0/s1. The van der Waals surface area contributed by atoms with E-state index in [4.69, 9.17) is 11.6 Å². The zero-order valence-corrected chi connectivity index (χ0v) is 12.3. The van der Waals surface area contributed by atoms with E-state index in [1.807, 2.05) is 0 Å². The van der Waals surface area contributed by atoms with Crippen molar-refractivity contribution in [1.29, 1.82) is 0 Å². The van der Waals surface area contributed by atoms with Crippen molar-refractivity contribution in [2.24, 2.45) is 17.8 Å². The van der Waals surface area contributed by atoms with Crippen molar-refractivity contribution in [3.05, 3.63) is 23.4 Å². The number of carbonyl (C=O) groups excluding carboxylic acids is 1. The normalized spacial score (nSPS) is 28.6. The van der Waals surface area contributed by atoms with Crippen molar-refractivity contribution in [2.45, 2.75) is 30.7 Å². The van der Waals surface area contributed by atoms with Crippen molar-refractivity contribution in [3.8, 4) is 0 Å². The van der Waals surface area contributed by atoms with Gasteiger partial charge in [-0.2, -0.15) is 8.42 Å². The molecule has 2 aliphatic rings. The number of carbonyl (C=O) groups is 1. The first-order chi connectivity index (χ1) is 9.49. The number of halogens is 1. The van der Waals surface area contributed by atoms with Gasteiger partial charge in [-0.1, -0.05) is 24.4 Å². The van der Waals surface area contributed by atoms with Gasteiger partial charge in [-0.3, -0.25) is 4.79 Å². The third-order valence-electron chi connectivity index (χ3n) is 4.17. The molecule has 108 valence electrons. The summed E-state index contributed by atoms with van der Waals surface area (Å²) in [6.07, 6.45) is 5.58. The lowest BCUT2D eigenvalue weighted by molar-refractivity contribution is -0.121. The van der Waals surface area contributed by atoms with Crippen molar-refractivity contribution in [2.75, 3.05) is 0 Å². The van der Waals surface area contributed by atoms with E-state index in [2.05, 4.69) is 9.71 Å². The quantitative estimate of drug-likeness (QED) is 0.925. The smallest absolute Gasteiger partial charge is 0.274 e. The van der Waals surface area contributed by atoms with Gasteiger partial charge in [-0.15, -0.1) is 0 Å². The van der Waals surface area contributed by atoms with Gasteiger partial charge in [0, 0.05) is 12.1 Å². The van der Waals surface area contributed by atoms with Crippen LogP contribution in [0.25, 0.3) is 0 Å². The fourth-order valence-corrected chi connectivity index (χ4v) is 4.21. The molecule has 2 saturated carbocycles. The fourth-order valence-electron chi connectivity index (χ4n) is 3.16. The number of nitrogens with one attached hydrogen (secondary N) is 1. The minimum absolute atomic E-state index is 0.139. The van der Waals surface area contributed by atoms with Gasteiger partial charge < -0.3 is 0 Å². The Labute approximate surface area is 122 Å². The molecule has 0 spiro atoms. The fraction of sp³-hybridized carbons (Fsp3) is 0.538. The van der Waals surface area contributed by atoms with Crippen LogP contribution < -0.4 is 4.72 Å². The van der Waals surface area contributed by atoms with Crippen molar-refractivity contribution < 1.29 is 13.2 Å². The Morgan fingerprint density at radius 2 is 1.90 bits per heavy atom. The second kappa shape index (κ2) is 5.00. The molecule has 0 unspecified atom stereocenters. The molecule has 1 aromatic rings. The molecule has 0 aromatic carbocycles. The van der Waals surface area contributed by atoms with Crippen LogP contribution >= 0.6 is 11.6 Å². The second-order valence-electron chi connectivity index (χ2n) is 5.42.